The lowest BCUT2D eigenvalue weighted by Crippen LogP contribution is -2.39. The van der Waals surface area contributed by atoms with E-state index in [4.69, 9.17) is 9.47 Å². The van der Waals surface area contributed by atoms with E-state index in [0.717, 1.165) is 18.2 Å². The SMILES string of the molecule is CCOC(=O)C(C)(C)Oc1ccc(CCCBr)cc1. The van der Waals surface area contributed by atoms with Crippen molar-refractivity contribution in [3.05, 3.63) is 29.8 Å². The van der Waals surface area contributed by atoms with Crippen molar-refractivity contribution < 1.29 is 14.3 Å². The minimum absolute atomic E-state index is 0.349. The molecule has 0 bridgehead atoms. The van der Waals surface area contributed by atoms with Gasteiger partial charge in [0.05, 0.1) is 6.61 Å². The van der Waals surface area contributed by atoms with Gasteiger partial charge in [0, 0.05) is 5.33 Å². The van der Waals surface area contributed by atoms with E-state index in [1.807, 2.05) is 24.3 Å². The van der Waals surface area contributed by atoms with Gasteiger partial charge in [-0.05, 0) is 51.3 Å². The molecule has 4 heteroatoms. The molecule has 0 unspecified atom stereocenters. The van der Waals surface area contributed by atoms with Crippen molar-refractivity contribution in [1.29, 1.82) is 0 Å². The van der Waals surface area contributed by atoms with Crippen LogP contribution in [0.4, 0.5) is 0 Å². The number of hydrogen-bond acceptors (Lipinski definition) is 3. The first-order chi connectivity index (χ1) is 8.99. The van der Waals surface area contributed by atoms with Gasteiger partial charge in [-0.15, -0.1) is 0 Å². The largest absolute Gasteiger partial charge is 0.476 e. The Kier molecular flexibility index (Phi) is 6.35. The minimum Gasteiger partial charge on any atom is -0.476 e. The molecule has 0 saturated heterocycles. The molecule has 0 aromatic heterocycles. The first kappa shape index (κ1) is 16.0. The Hall–Kier alpha value is -1.03. The topological polar surface area (TPSA) is 35.5 Å². The molecule has 1 aromatic rings. The van der Waals surface area contributed by atoms with Gasteiger partial charge < -0.3 is 9.47 Å². The zero-order valence-corrected chi connectivity index (χ0v) is 13.3. The molecular weight excluding hydrogens is 308 g/mol. The number of aryl methyl sites for hydroxylation is 1. The molecule has 0 atom stereocenters. The van der Waals surface area contributed by atoms with Crippen LogP contribution in [0.2, 0.25) is 0 Å². The molecule has 19 heavy (non-hydrogen) atoms. The lowest BCUT2D eigenvalue weighted by atomic mass is 10.1. The average molecular weight is 329 g/mol. The standard InChI is InChI=1S/C15H21BrO3/c1-4-18-14(17)15(2,3)19-13-9-7-12(8-10-13)6-5-11-16/h7-10H,4-6,11H2,1-3H3. The molecular formula is C15H21BrO3. The van der Waals surface area contributed by atoms with E-state index in [1.165, 1.54) is 5.56 Å². The van der Waals surface area contributed by atoms with Crippen LogP contribution in [0.1, 0.15) is 32.8 Å². The molecule has 0 heterocycles. The fourth-order valence-electron chi connectivity index (χ4n) is 1.64. The predicted molar refractivity (Wildman–Crippen MR) is 79.9 cm³/mol. The highest BCUT2D eigenvalue weighted by atomic mass is 79.9. The summed E-state index contributed by atoms with van der Waals surface area (Å²) >= 11 is 3.42. The number of benzene rings is 1. The maximum Gasteiger partial charge on any atom is 0.349 e. The van der Waals surface area contributed by atoms with Crippen LogP contribution in [0.15, 0.2) is 24.3 Å². The third-order valence-corrected chi connectivity index (χ3v) is 3.22. The Labute approximate surface area is 123 Å². The number of ether oxygens (including phenoxy) is 2. The molecule has 0 aliphatic heterocycles. The molecule has 0 aliphatic carbocycles. The summed E-state index contributed by atoms with van der Waals surface area (Å²) in [6.07, 6.45) is 2.14. The summed E-state index contributed by atoms with van der Waals surface area (Å²) in [6.45, 7) is 5.57. The van der Waals surface area contributed by atoms with E-state index in [-0.39, 0.29) is 5.97 Å². The van der Waals surface area contributed by atoms with E-state index in [9.17, 15) is 4.79 Å². The fraction of sp³-hybridized carbons (Fsp3) is 0.533. The zero-order valence-electron chi connectivity index (χ0n) is 11.7. The van der Waals surface area contributed by atoms with Crippen LogP contribution < -0.4 is 4.74 Å². The Morgan fingerprint density at radius 2 is 1.89 bits per heavy atom. The average Bonchev–Trinajstić information content (AvgIpc) is 2.38. The van der Waals surface area contributed by atoms with Crippen molar-refractivity contribution in [3.8, 4) is 5.75 Å². The van der Waals surface area contributed by atoms with E-state index < -0.39 is 5.60 Å². The highest BCUT2D eigenvalue weighted by Gasteiger charge is 2.31. The monoisotopic (exact) mass is 328 g/mol. The molecule has 0 N–H and O–H groups in total. The van der Waals surface area contributed by atoms with Crippen LogP contribution in [0, 0.1) is 0 Å². The van der Waals surface area contributed by atoms with Gasteiger partial charge in [0.1, 0.15) is 5.75 Å². The molecule has 0 spiro atoms. The summed E-state index contributed by atoms with van der Waals surface area (Å²) in [7, 11) is 0. The lowest BCUT2D eigenvalue weighted by Gasteiger charge is -2.24. The van der Waals surface area contributed by atoms with Crippen LogP contribution in [0.25, 0.3) is 0 Å². The van der Waals surface area contributed by atoms with Crippen LogP contribution in [0.5, 0.6) is 5.75 Å². The summed E-state index contributed by atoms with van der Waals surface area (Å²) in [5.74, 6) is 0.332. The Morgan fingerprint density at radius 3 is 2.42 bits per heavy atom. The molecule has 0 saturated carbocycles. The first-order valence-corrected chi connectivity index (χ1v) is 7.63. The third-order valence-electron chi connectivity index (χ3n) is 2.66. The second-order valence-corrected chi connectivity index (χ2v) is 5.56. The number of rotatable bonds is 7. The van der Waals surface area contributed by atoms with Gasteiger partial charge in [-0.3, -0.25) is 0 Å². The van der Waals surface area contributed by atoms with Crippen molar-refractivity contribution in [1.82, 2.24) is 0 Å². The van der Waals surface area contributed by atoms with Crippen molar-refractivity contribution in [3.63, 3.8) is 0 Å². The number of hydrogen-bond donors (Lipinski definition) is 0. The highest BCUT2D eigenvalue weighted by Crippen LogP contribution is 2.20. The maximum absolute atomic E-state index is 11.7. The van der Waals surface area contributed by atoms with Crippen LogP contribution in [-0.2, 0) is 16.0 Å². The number of carbonyl (C=O) groups is 1. The smallest absolute Gasteiger partial charge is 0.349 e. The molecule has 0 amide bonds. The predicted octanol–water partition coefficient (Wildman–Crippen LogP) is 3.73. The lowest BCUT2D eigenvalue weighted by molar-refractivity contribution is -0.158. The van der Waals surface area contributed by atoms with E-state index in [0.29, 0.717) is 12.4 Å². The van der Waals surface area contributed by atoms with Crippen LogP contribution >= 0.6 is 15.9 Å². The first-order valence-electron chi connectivity index (χ1n) is 6.50. The van der Waals surface area contributed by atoms with E-state index >= 15 is 0 Å². The van der Waals surface area contributed by atoms with Crippen LogP contribution in [0.3, 0.4) is 0 Å². The minimum atomic E-state index is -0.965. The van der Waals surface area contributed by atoms with Crippen molar-refractivity contribution in [2.75, 3.05) is 11.9 Å². The summed E-state index contributed by atoms with van der Waals surface area (Å²) in [5, 5.41) is 1.00. The summed E-state index contributed by atoms with van der Waals surface area (Å²) in [4.78, 5) is 11.7. The summed E-state index contributed by atoms with van der Waals surface area (Å²) in [5.41, 5.74) is 0.300. The Balaban J connectivity index is 2.64. The number of carbonyl (C=O) groups excluding carboxylic acids is 1. The quantitative estimate of drug-likeness (QED) is 0.565. The second-order valence-electron chi connectivity index (χ2n) is 4.77. The van der Waals surface area contributed by atoms with Gasteiger partial charge in [-0.1, -0.05) is 28.1 Å². The molecule has 0 fully saturated rings. The van der Waals surface area contributed by atoms with Gasteiger partial charge in [0.15, 0.2) is 5.60 Å². The van der Waals surface area contributed by atoms with E-state index in [2.05, 4.69) is 15.9 Å². The molecule has 1 aromatic carbocycles. The third kappa shape index (κ3) is 5.23. The Morgan fingerprint density at radius 1 is 1.26 bits per heavy atom. The van der Waals surface area contributed by atoms with Gasteiger partial charge in [0.25, 0.3) is 0 Å². The van der Waals surface area contributed by atoms with Crippen molar-refractivity contribution in [2.45, 2.75) is 39.2 Å². The molecule has 3 nitrogen and oxygen atoms in total. The van der Waals surface area contributed by atoms with Crippen LogP contribution in [-0.4, -0.2) is 23.5 Å². The maximum atomic E-state index is 11.7. The second kappa shape index (κ2) is 7.53. The van der Waals surface area contributed by atoms with Crippen molar-refractivity contribution >= 4 is 21.9 Å². The molecule has 0 radical (unpaired) electrons. The van der Waals surface area contributed by atoms with E-state index in [1.54, 1.807) is 20.8 Å². The summed E-state index contributed by atoms with van der Waals surface area (Å²) < 4.78 is 10.7. The highest BCUT2D eigenvalue weighted by molar-refractivity contribution is 9.09. The van der Waals surface area contributed by atoms with Gasteiger partial charge in [-0.2, -0.15) is 0 Å². The van der Waals surface area contributed by atoms with Gasteiger partial charge in [0.2, 0.25) is 0 Å². The normalized spacial score (nSPS) is 11.2. The number of alkyl halides is 1. The van der Waals surface area contributed by atoms with Gasteiger partial charge in [-0.25, -0.2) is 4.79 Å². The van der Waals surface area contributed by atoms with Crippen molar-refractivity contribution in [2.24, 2.45) is 0 Å². The number of halogens is 1. The molecule has 1 rings (SSSR count). The molecule has 0 aliphatic rings. The number of esters is 1. The fourth-order valence-corrected chi connectivity index (χ4v) is 1.92. The molecule has 106 valence electrons. The van der Waals surface area contributed by atoms with Gasteiger partial charge >= 0.3 is 5.97 Å². The zero-order chi connectivity index (χ0) is 14.3. The summed E-state index contributed by atoms with van der Waals surface area (Å²) in [6, 6.07) is 7.84. The Bertz CT molecular complexity index is 398.